The van der Waals surface area contributed by atoms with E-state index in [4.69, 9.17) is 4.74 Å². The monoisotopic (exact) mass is 452 g/mol. The van der Waals surface area contributed by atoms with Gasteiger partial charge in [0.15, 0.2) is 0 Å². The highest BCUT2D eigenvalue weighted by Gasteiger charge is 2.27. The number of sulfonamides is 1. The molecule has 0 aliphatic heterocycles. The summed E-state index contributed by atoms with van der Waals surface area (Å²) in [6, 6.07) is 14.4. The highest BCUT2D eigenvalue weighted by atomic mass is 79.9. The maximum atomic E-state index is 13.0. The molecule has 0 atom stereocenters. The second kappa shape index (κ2) is 7.87. The van der Waals surface area contributed by atoms with Crippen LogP contribution in [0.5, 0.6) is 0 Å². The van der Waals surface area contributed by atoms with Crippen LogP contribution in [0.2, 0.25) is 0 Å². The molecule has 136 valence electrons. The Morgan fingerprint density at radius 1 is 1.19 bits per heavy atom. The van der Waals surface area contributed by atoms with Gasteiger partial charge in [0, 0.05) is 22.5 Å². The Morgan fingerprint density at radius 3 is 2.58 bits per heavy atom. The van der Waals surface area contributed by atoms with Crippen LogP contribution >= 0.6 is 27.3 Å². The molecule has 3 rings (SSSR count). The van der Waals surface area contributed by atoms with Crippen LogP contribution in [0.3, 0.4) is 0 Å². The zero-order chi connectivity index (χ0) is 18.7. The van der Waals surface area contributed by atoms with E-state index in [1.54, 1.807) is 24.3 Å². The number of ether oxygens (including phenoxy) is 1. The molecule has 0 saturated heterocycles. The van der Waals surface area contributed by atoms with Gasteiger partial charge in [0.25, 0.3) is 10.0 Å². The fourth-order valence-corrected chi connectivity index (χ4v) is 5.12. The van der Waals surface area contributed by atoms with Gasteiger partial charge in [-0.2, -0.15) is 0 Å². The lowest BCUT2D eigenvalue weighted by Crippen LogP contribution is -2.32. The SMILES string of the molecule is COCN(c1nc(-c2cccc(Br)c2)cs1)S(=O)(=O)c1ccc(C)cc1. The van der Waals surface area contributed by atoms with E-state index >= 15 is 0 Å². The minimum atomic E-state index is -3.76. The molecule has 0 aliphatic rings. The molecule has 2 aromatic carbocycles. The largest absolute Gasteiger partial charge is 0.363 e. The van der Waals surface area contributed by atoms with Gasteiger partial charge in [-0.3, -0.25) is 0 Å². The molecule has 0 aliphatic carbocycles. The summed E-state index contributed by atoms with van der Waals surface area (Å²) in [5.41, 5.74) is 2.62. The molecular weight excluding hydrogens is 436 g/mol. The molecule has 1 heterocycles. The number of hydrogen-bond donors (Lipinski definition) is 0. The Morgan fingerprint density at radius 2 is 1.92 bits per heavy atom. The van der Waals surface area contributed by atoms with Crippen LogP contribution in [0.4, 0.5) is 5.13 Å². The van der Waals surface area contributed by atoms with Crippen LogP contribution in [0.25, 0.3) is 11.3 Å². The lowest BCUT2D eigenvalue weighted by molar-refractivity contribution is 0.209. The molecule has 3 aromatic rings. The van der Waals surface area contributed by atoms with Crippen molar-refractivity contribution in [1.29, 1.82) is 0 Å². The van der Waals surface area contributed by atoms with Crippen molar-refractivity contribution in [3.05, 3.63) is 63.9 Å². The minimum Gasteiger partial charge on any atom is -0.363 e. The Kier molecular flexibility index (Phi) is 5.76. The molecule has 0 N–H and O–H groups in total. The van der Waals surface area contributed by atoms with Gasteiger partial charge in [-0.25, -0.2) is 17.7 Å². The third kappa shape index (κ3) is 3.98. The van der Waals surface area contributed by atoms with Crippen molar-refractivity contribution in [2.24, 2.45) is 0 Å². The second-order valence-corrected chi connectivity index (χ2v) is 9.22. The van der Waals surface area contributed by atoms with E-state index in [2.05, 4.69) is 20.9 Å². The first kappa shape index (κ1) is 19.0. The Bertz CT molecular complexity index is 1000. The summed E-state index contributed by atoms with van der Waals surface area (Å²) in [5.74, 6) is 0. The number of methoxy groups -OCH3 is 1. The second-order valence-electron chi connectivity index (χ2n) is 5.61. The van der Waals surface area contributed by atoms with Gasteiger partial charge in [-0.15, -0.1) is 11.3 Å². The first-order chi connectivity index (χ1) is 12.4. The van der Waals surface area contributed by atoms with Gasteiger partial charge in [-0.05, 0) is 31.2 Å². The van der Waals surface area contributed by atoms with Gasteiger partial charge in [-0.1, -0.05) is 45.8 Å². The zero-order valence-corrected chi connectivity index (χ0v) is 17.4. The van der Waals surface area contributed by atoms with Crippen molar-refractivity contribution < 1.29 is 13.2 Å². The molecule has 0 spiro atoms. The molecule has 0 radical (unpaired) electrons. The molecule has 5 nitrogen and oxygen atoms in total. The predicted molar refractivity (Wildman–Crippen MR) is 108 cm³/mol. The van der Waals surface area contributed by atoms with Crippen LogP contribution in [-0.2, 0) is 14.8 Å². The zero-order valence-electron chi connectivity index (χ0n) is 14.2. The van der Waals surface area contributed by atoms with Crippen molar-refractivity contribution >= 4 is 42.4 Å². The Labute approximate surface area is 165 Å². The smallest absolute Gasteiger partial charge is 0.268 e. The highest BCUT2D eigenvalue weighted by Crippen LogP contribution is 2.31. The third-order valence-corrected chi connectivity index (χ3v) is 6.88. The van der Waals surface area contributed by atoms with Gasteiger partial charge in [0.05, 0.1) is 10.6 Å². The summed E-state index contributed by atoms with van der Waals surface area (Å²) in [4.78, 5) is 4.72. The standard InChI is InChI=1S/C18H17BrN2O3S2/c1-13-6-8-16(9-7-13)26(22,23)21(12-24-2)18-20-17(11-25-18)14-4-3-5-15(19)10-14/h3-11H,12H2,1-2H3. The van der Waals surface area contributed by atoms with Crippen LogP contribution in [0.1, 0.15) is 5.56 Å². The number of hydrogen-bond acceptors (Lipinski definition) is 5. The maximum Gasteiger partial charge on any atom is 0.268 e. The molecule has 0 bridgehead atoms. The average molecular weight is 453 g/mol. The summed E-state index contributed by atoms with van der Waals surface area (Å²) < 4.78 is 33.3. The molecule has 0 saturated carbocycles. The molecule has 8 heteroatoms. The normalized spacial score (nSPS) is 11.5. The van der Waals surface area contributed by atoms with Crippen molar-refractivity contribution in [2.75, 3.05) is 18.1 Å². The number of aromatic nitrogens is 1. The van der Waals surface area contributed by atoms with E-state index in [9.17, 15) is 8.42 Å². The number of nitrogens with zero attached hydrogens (tertiary/aromatic N) is 2. The Balaban J connectivity index is 1.99. The minimum absolute atomic E-state index is 0.109. The highest BCUT2D eigenvalue weighted by molar-refractivity contribution is 9.10. The molecule has 0 unspecified atom stereocenters. The van der Waals surface area contributed by atoms with Gasteiger partial charge in [0.1, 0.15) is 6.73 Å². The van der Waals surface area contributed by atoms with Crippen molar-refractivity contribution in [3.63, 3.8) is 0 Å². The summed E-state index contributed by atoms with van der Waals surface area (Å²) >= 11 is 4.70. The quantitative estimate of drug-likeness (QED) is 0.509. The number of rotatable bonds is 6. The number of halogens is 1. The van der Waals surface area contributed by atoms with Gasteiger partial charge in [0.2, 0.25) is 5.13 Å². The summed E-state index contributed by atoms with van der Waals surface area (Å²) in [6.07, 6.45) is 0. The predicted octanol–water partition coefficient (Wildman–Crippen LogP) is 4.68. The Hall–Kier alpha value is -1.74. The first-order valence-electron chi connectivity index (χ1n) is 7.71. The van der Waals surface area contributed by atoms with Crippen molar-refractivity contribution in [2.45, 2.75) is 11.8 Å². The lowest BCUT2D eigenvalue weighted by Gasteiger charge is -2.20. The van der Waals surface area contributed by atoms with Crippen molar-refractivity contribution in [3.8, 4) is 11.3 Å². The molecular formula is C18H17BrN2O3S2. The van der Waals surface area contributed by atoms with Crippen molar-refractivity contribution in [1.82, 2.24) is 4.98 Å². The van der Waals surface area contributed by atoms with Gasteiger partial charge < -0.3 is 4.74 Å². The molecule has 26 heavy (non-hydrogen) atoms. The topological polar surface area (TPSA) is 59.5 Å². The van der Waals surface area contributed by atoms with E-state index < -0.39 is 10.0 Å². The van der Waals surface area contributed by atoms with Crippen LogP contribution in [0, 0.1) is 6.92 Å². The fraction of sp³-hybridized carbons (Fsp3) is 0.167. The third-order valence-electron chi connectivity index (χ3n) is 3.68. The molecule has 0 amide bonds. The van der Waals surface area contributed by atoms with E-state index in [0.717, 1.165) is 15.6 Å². The number of anilines is 1. The number of thiazole rings is 1. The van der Waals surface area contributed by atoms with Crippen LogP contribution in [-0.4, -0.2) is 27.2 Å². The fourth-order valence-electron chi connectivity index (χ4n) is 2.34. The maximum absolute atomic E-state index is 13.0. The molecule has 0 fully saturated rings. The van der Waals surface area contributed by atoms with E-state index in [-0.39, 0.29) is 11.6 Å². The average Bonchev–Trinajstić information content (AvgIpc) is 3.09. The van der Waals surface area contributed by atoms with E-state index in [1.807, 2.05) is 36.6 Å². The first-order valence-corrected chi connectivity index (χ1v) is 10.8. The number of benzene rings is 2. The van der Waals surface area contributed by atoms with E-state index in [0.29, 0.717) is 10.8 Å². The summed E-state index contributed by atoms with van der Waals surface area (Å²) in [7, 11) is -2.30. The number of aryl methyl sites for hydroxylation is 1. The van der Waals surface area contributed by atoms with E-state index in [1.165, 1.54) is 22.8 Å². The van der Waals surface area contributed by atoms with Gasteiger partial charge >= 0.3 is 0 Å². The lowest BCUT2D eigenvalue weighted by atomic mass is 10.2. The van der Waals surface area contributed by atoms with Crippen LogP contribution in [0.15, 0.2) is 63.3 Å². The summed E-state index contributed by atoms with van der Waals surface area (Å²) in [6.45, 7) is 1.80. The molecule has 1 aromatic heterocycles. The summed E-state index contributed by atoms with van der Waals surface area (Å²) in [5, 5.41) is 2.20. The van der Waals surface area contributed by atoms with Crippen LogP contribution < -0.4 is 4.31 Å².